The molecule has 1 aliphatic rings. The van der Waals surface area contributed by atoms with Crippen molar-refractivity contribution in [2.45, 2.75) is 38.6 Å². The molecular weight excluding hydrogens is 278 g/mol. The average Bonchev–Trinajstić information content (AvgIpc) is 2.94. The van der Waals surface area contributed by atoms with Crippen molar-refractivity contribution in [1.82, 2.24) is 9.78 Å². The lowest BCUT2D eigenvalue weighted by Gasteiger charge is -2.21. The van der Waals surface area contributed by atoms with Crippen molar-refractivity contribution in [2.75, 3.05) is 7.11 Å². The molecule has 2 aromatic rings. The lowest BCUT2D eigenvalue weighted by Crippen LogP contribution is -2.19. The van der Waals surface area contributed by atoms with E-state index in [1.165, 1.54) is 7.11 Å². The van der Waals surface area contributed by atoms with E-state index in [-0.39, 0.29) is 12.0 Å². The Bertz CT molecular complexity index is 706. The van der Waals surface area contributed by atoms with Crippen molar-refractivity contribution in [2.24, 2.45) is 5.73 Å². The van der Waals surface area contributed by atoms with Gasteiger partial charge in [-0.15, -0.1) is 0 Å². The largest absolute Gasteiger partial charge is 0.465 e. The third kappa shape index (κ3) is 2.31. The third-order valence-electron chi connectivity index (χ3n) is 4.27. The maximum atomic E-state index is 12.0. The fourth-order valence-corrected chi connectivity index (χ4v) is 3.22. The van der Waals surface area contributed by atoms with Gasteiger partial charge in [0, 0.05) is 17.3 Å². The molecule has 2 N–H and O–H groups in total. The monoisotopic (exact) mass is 299 g/mol. The molecule has 0 spiro atoms. The lowest BCUT2D eigenvalue weighted by atomic mass is 9.91. The van der Waals surface area contributed by atoms with Crippen LogP contribution in [0.25, 0.3) is 5.69 Å². The van der Waals surface area contributed by atoms with Gasteiger partial charge in [0.1, 0.15) is 0 Å². The quantitative estimate of drug-likeness (QED) is 0.884. The molecule has 3 rings (SSSR count). The summed E-state index contributed by atoms with van der Waals surface area (Å²) in [6.07, 6.45) is 3.81. The number of rotatable bonds is 3. The Kier molecular flexibility index (Phi) is 3.98. The minimum atomic E-state index is -0.349. The highest BCUT2D eigenvalue weighted by atomic mass is 16.5. The second-order valence-corrected chi connectivity index (χ2v) is 5.58. The normalized spacial score (nSPS) is 17.1. The predicted octanol–water partition coefficient (Wildman–Crippen LogP) is 2.56. The summed E-state index contributed by atoms with van der Waals surface area (Å²) in [5.41, 5.74) is 10.9. The van der Waals surface area contributed by atoms with Crippen LogP contribution in [0.1, 0.15) is 53.1 Å². The maximum absolute atomic E-state index is 12.0. The van der Waals surface area contributed by atoms with Crippen molar-refractivity contribution in [1.29, 1.82) is 0 Å². The van der Waals surface area contributed by atoms with E-state index >= 15 is 0 Å². The van der Waals surface area contributed by atoms with E-state index in [4.69, 9.17) is 15.6 Å². The predicted molar refractivity (Wildman–Crippen MR) is 84.1 cm³/mol. The van der Waals surface area contributed by atoms with Crippen LogP contribution in [0.15, 0.2) is 24.3 Å². The number of hydrogen-bond acceptors (Lipinski definition) is 4. The highest BCUT2D eigenvalue weighted by Crippen LogP contribution is 2.33. The fourth-order valence-electron chi connectivity index (χ4n) is 3.22. The van der Waals surface area contributed by atoms with Crippen molar-refractivity contribution in [3.8, 4) is 5.69 Å². The highest BCUT2D eigenvalue weighted by Gasteiger charge is 2.27. The zero-order valence-electron chi connectivity index (χ0n) is 13.0. The third-order valence-corrected chi connectivity index (χ3v) is 4.27. The minimum Gasteiger partial charge on any atom is -0.465 e. The minimum absolute atomic E-state index is 0.0396. The number of carbonyl (C=O) groups is 1. The van der Waals surface area contributed by atoms with Crippen LogP contribution in [0.5, 0.6) is 0 Å². The molecule has 1 aromatic heterocycles. The van der Waals surface area contributed by atoms with E-state index < -0.39 is 0 Å². The van der Waals surface area contributed by atoms with Crippen molar-refractivity contribution in [3.63, 3.8) is 0 Å². The molecule has 1 heterocycles. The van der Waals surface area contributed by atoms with Gasteiger partial charge >= 0.3 is 5.97 Å². The average molecular weight is 299 g/mol. The lowest BCUT2D eigenvalue weighted by molar-refractivity contribution is 0.0600. The van der Waals surface area contributed by atoms with Gasteiger partial charge in [-0.05, 0) is 37.8 Å². The fraction of sp³-hybridized carbons (Fsp3) is 0.412. The number of ether oxygens (including phenoxy) is 1. The molecule has 1 aliphatic carbocycles. The van der Waals surface area contributed by atoms with E-state index in [9.17, 15) is 4.79 Å². The molecule has 0 amide bonds. The van der Waals surface area contributed by atoms with E-state index in [2.05, 4.69) is 6.92 Å². The number of esters is 1. The Labute approximate surface area is 130 Å². The number of nitrogens with two attached hydrogens (primary N) is 1. The summed E-state index contributed by atoms with van der Waals surface area (Å²) in [6.45, 7) is 2.08. The summed E-state index contributed by atoms with van der Waals surface area (Å²) in [6, 6.07) is 7.45. The smallest absolute Gasteiger partial charge is 0.340 e. The van der Waals surface area contributed by atoms with E-state index in [1.54, 1.807) is 6.07 Å². The number of benzene rings is 1. The Hall–Kier alpha value is -2.14. The summed E-state index contributed by atoms with van der Waals surface area (Å²) >= 11 is 0. The maximum Gasteiger partial charge on any atom is 0.340 e. The van der Waals surface area contributed by atoms with Gasteiger partial charge in [-0.25, -0.2) is 9.48 Å². The van der Waals surface area contributed by atoms with E-state index in [0.29, 0.717) is 5.56 Å². The first-order valence-corrected chi connectivity index (χ1v) is 7.71. The summed E-state index contributed by atoms with van der Waals surface area (Å²) in [5, 5.41) is 4.74. The van der Waals surface area contributed by atoms with Gasteiger partial charge in [0.2, 0.25) is 0 Å². The SMILES string of the molecule is CCc1nn(-c2ccccc2C(=O)OC)c2c1C(N)CCC2. The van der Waals surface area contributed by atoms with Crippen molar-refractivity contribution >= 4 is 5.97 Å². The number of hydrogen-bond donors (Lipinski definition) is 1. The molecule has 0 saturated carbocycles. The first-order valence-electron chi connectivity index (χ1n) is 7.71. The van der Waals surface area contributed by atoms with Crippen LogP contribution in [0, 0.1) is 0 Å². The summed E-state index contributed by atoms with van der Waals surface area (Å²) in [5.74, 6) is -0.349. The molecule has 0 fully saturated rings. The van der Waals surface area contributed by atoms with Gasteiger partial charge in [-0.1, -0.05) is 19.1 Å². The Morgan fingerprint density at radius 2 is 2.23 bits per heavy atom. The topological polar surface area (TPSA) is 70.1 Å². The van der Waals surface area contributed by atoms with Crippen LogP contribution in [-0.4, -0.2) is 22.9 Å². The Morgan fingerprint density at radius 3 is 2.95 bits per heavy atom. The van der Waals surface area contributed by atoms with Gasteiger partial charge < -0.3 is 10.5 Å². The van der Waals surface area contributed by atoms with Crippen molar-refractivity contribution < 1.29 is 9.53 Å². The number of methoxy groups -OCH3 is 1. The highest BCUT2D eigenvalue weighted by molar-refractivity contribution is 5.93. The summed E-state index contributed by atoms with van der Waals surface area (Å²) in [7, 11) is 1.39. The molecule has 22 heavy (non-hydrogen) atoms. The standard InChI is InChI=1S/C17H21N3O2/c1-3-13-16-12(18)8-6-10-15(16)20(19-13)14-9-5-4-7-11(14)17(21)22-2/h4-5,7,9,12H,3,6,8,10,18H2,1-2H3. The first kappa shape index (κ1) is 14.8. The molecule has 1 aromatic carbocycles. The Balaban J connectivity index is 2.20. The molecule has 1 unspecified atom stereocenters. The van der Waals surface area contributed by atoms with Gasteiger partial charge in [-0.2, -0.15) is 5.10 Å². The van der Waals surface area contributed by atoms with Gasteiger partial charge in [0.05, 0.1) is 24.1 Å². The van der Waals surface area contributed by atoms with E-state index in [0.717, 1.165) is 48.3 Å². The molecule has 116 valence electrons. The first-order chi connectivity index (χ1) is 10.7. The van der Waals surface area contributed by atoms with Crippen LogP contribution in [0.3, 0.4) is 0 Å². The zero-order chi connectivity index (χ0) is 15.7. The molecule has 0 bridgehead atoms. The van der Waals surface area contributed by atoms with Crippen molar-refractivity contribution in [3.05, 3.63) is 46.8 Å². The van der Waals surface area contributed by atoms with Crippen LogP contribution >= 0.6 is 0 Å². The van der Waals surface area contributed by atoms with Crippen LogP contribution in [0.2, 0.25) is 0 Å². The van der Waals surface area contributed by atoms with Gasteiger partial charge in [-0.3, -0.25) is 0 Å². The molecule has 5 nitrogen and oxygen atoms in total. The van der Waals surface area contributed by atoms with Gasteiger partial charge in [0.25, 0.3) is 0 Å². The number of para-hydroxylation sites is 1. The second-order valence-electron chi connectivity index (χ2n) is 5.58. The summed E-state index contributed by atoms with van der Waals surface area (Å²) in [4.78, 5) is 12.0. The number of nitrogens with zero attached hydrogens (tertiary/aromatic N) is 2. The van der Waals surface area contributed by atoms with Crippen LogP contribution in [-0.2, 0) is 17.6 Å². The zero-order valence-corrected chi connectivity index (χ0v) is 13.0. The number of aryl methyl sites for hydroxylation is 1. The van der Waals surface area contributed by atoms with Crippen LogP contribution in [0.4, 0.5) is 0 Å². The molecule has 0 radical (unpaired) electrons. The summed E-state index contributed by atoms with van der Waals surface area (Å²) < 4.78 is 6.78. The van der Waals surface area contributed by atoms with Gasteiger partial charge in [0.15, 0.2) is 0 Å². The molecule has 0 saturated heterocycles. The Morgan fingerprint density at radius 1 is 1.45 bits per heavy atom. The second kappa shape index (κ2) is 5.93. The number of aromatic nitrogens is 2. The number of carbonyl (C=O) groups excluding carboxylic acids is 1. The number of fused-ring (bicyclic) bond motifs is 1. The van der Waals surface area contributed by atoms with E-state index in [1.807, 2.05) is 22.9 Å². The molecule has 5 heteroatoms. The van der Waals surface area contributed by atoms with Crippen LogP contribution < -0.4 is 5.73 Å². The molecular formula is C17H21N3O2. The molecule has 1 atom stereocenters. The molecule has 0 aliphatic heterocycles.